The minimum atomic E-state index is 0. The Hall–Kier alpha value is -0.710. The standard InChI is InChI=1S/C16H24N2OS.ClH/c1-12(2)14-4-6-15(7-5-14)20-11-16(19)18-9-8-17-10-13(18)3;/h4-7,12-13,17H,8-11H2,1-3H3;1H/t13-;/m1./s1. The first kappa shape index (κ1) is 18.3. The Balaban J connectivity index is 0.00000220. The number of piperazine rings is 1. The second-order valence-corrected chi connectivity index (χ2v) is 6.70. The van der Waals surface area contributed by atoms with Gasteiger partial charge in [0.15, 0.2) is 0 Å². The van der Waals surface area contributed by atoms with Gasteiger partial charge in [-0.15, -0.1) is 24.2 Å². The molecule has 118 valence electrons. The molecule has 21 heavy (non-hydrogen) atoms. The van der Waals surface area contributed by atoms with Crippen molar-refractivity contribution in [2.24, 2.45) is 0 Å². The smallest absolute Gasteiger partial charge is 0.233 e. The fraction of sp³-hybridized carbons (Fsp3) is 0.562. The number of thioether (sulfide) groups is 1. The van der Waals surface area contributed by atoms with E-state index in [4.69, 9.17) is 0 Å². The summed E-state index contributed by atoms with van der Waals surface area (Å²) in [6.45, 7) is 9.12. The molecule has 3 nitrogen and oxygen atoms in total. The van der Waals surface area contributed by atoms with Crippen molar-refractivity contribution in [1.82, 2.24) is 10.2 Å². The van der Waals surface area contributed by atoms with Crippen LogP contribution in [0, 0.1) is 0 Å². The quantitative estimate of drug-likeness (QED) is 0.862. The Bertz CT molecular complexity index is 450. The van der Waals surface area contributed by atoms with Gasteiger partial charge in [-0.25, -0.2) is 0 Å². The number of halogens is 1. The van der Waals surface area contributed by atoms with Gasteiger partial charge in [0.05, 0.1) is 5.75 Å². The maximum atomic E-state index is 12.2. The van der Waals surface area contributed by atoms with Gasteiger partial charge < -0.3 is 10.2 Å². The second kappa shape index (κ2) is 8.66. The molecule has 0 radical (unpaired) electrons. The number of carbonyl (C=O) groups is 1. The molecule has 1 aromatic carbocycles. The van der Waals surface area contributed by atoms with Crippen molar-refractivity contribution in [1.29, 1.82) is 0 Å². The lowest BCUT2D eigenvalue weighted by Crippen LogP contribution is -2.52. The lowest BCUT2D eigenvalue weighted by atomic mass is 10.0. The van der Waals surface area contributed by atoms with Gasteiger partial charge in [-0.2, -0.15) is 0 Å². The van der Waals surface area contributed by atoms with Gasteiger partial charge in [0.1, 0.15) is 0 Å². The maximum absolute atomic E-state index is 12.2. The molecule has 1 amide bonds. The van der Waals surface area contributed by atoms with Crippen LogP contribution in [0.5, 0.6) is 0 Å². The predicted octanol–water partition coefficient (Wildman–Crippen LogP) is 3.14. The summed E-state index contributed by atoms with van der Waals surface area (Å²) >= 11 is 1.63. The first-order chi connectivity index (χ1) is 9.58. The number of rotatable bonds is 4. The zero-order chi connectivity index (χ0) is 14.5. The molecule has 1 heterocycles. The molecule has 1 saturated heterocycles. The average molecular weight is 329 g/mol. The largest absolute Gasteiger partial charge is 0.337 e. The van der Waals surface area contributed by atoms with E-state index in [1.54, 1.807) is 11.8 Å². The summed E-state index contributed by atoms with van der Waals surface area (Å²) in [5.41, 5.74) is 1.34. The van der Waals surface area contributed by atoms with E-state index < -0.39 is 0 Å². The van der Waals surface area contributed by atoms with E-state index in [1.165, 1.54) is 10.5 Å². The summed E-state index contributed by atoms with van der Waals surface area (Å²) in [5, 5.41) is 3.31. The summed E-state index contributed by atoms with van der Waals surface area (Å²) in [7, 11) is 0. The third-order valence-electron chi connectivity index (χ3n) is 3.73. The van der Waals surface area contributed by atoms with Crippen molar-refractivity contribution >= 4 is 30.1 Å². The third-order valence-corrected chi connectivity index (χ3v) is 4.73. The summed E-state index contributed by atoms with van der Waals surface area (Å²) in [6.07, 6.45) is 0. The highest BCUT2D eigenvalue weighted by Crippen LogP contribution is 2.22. The van der Waals surface area contributed by atoms with Gasteiger partial charge in [0.2, 0.25) is 5.91 Å². The topological polar surface area (TPSA) is 32.3 Å². The first-order valence-electron chi connectivity index (χ1n) is 7.31. The van der Waals surface area contributed by atoms with E-state index in [0.717, 1.165) is 19.6 Å². The van der Waals surface area contributed by atoms with Gasteiger partial charge in [0.25, 0.3) is 0 Å². The zero-order valence-electron chi connectivity index (χ0n) is 13.0. The molecule has 0 aliphatic carbocycles. The van der Waals surface area contributed by atoms with Crippen LogP contribution in [0.3, 0.4) is 0 Å². The summed E-state index contributed by atoms with van der Waals surface area (Å²) < 4.78 is 0. The molecule has 0 bridgehead atoms. The maximum Gasteiger partial charge on any atom is 0.233 e. The van der Waals surface area contributed by atoms with Crippen LogP contribution in [0.2, 0.25) is 0 Å². The molecule has 0 spiro atoms. The molecule has 0 aromatic heterocycles. The van der Waals surface area contributed by atoms with Crippen LogP contribution in [0.15, 0.2) is 29.2 Å². The number of nitrogens with one attached hydrogen (secondary N) is 1. The highest BCUT2D eigenvalue weighted by Gasteiger charge is 2.22. The van der Waals surface area contributed by atoms with Crippen LogP contribution in [-0.2, 0) is 4.79 Å². The van der Waals surface area contributed by atoms with E-state index in [2.05, 4.69) is 50.4 Å². The van der Waals surface area contributed by atoms with Gasteiger partial charge in [-0.05, 0) is 30.5 Å². The molecule has 1 aliphatic heterocycles. The van der Waals surface area contributed by atoms with Gasteiger partial charge in [-0.3, -0.25) is 4.79 Å². The fourth-order valence-electron chi connectivity index (χ4n) is 2.39. The number of carbonyl (C=O) groups excluding carboxylic acids is 1. The summed E-state index contributed by atoms with van der Waals surface area (Å²) in [5.74, 6) is 1.33. The van der Waals surface area contributed by atoms with Gasteiger partial charge in [0, 0.05) is 30.6 Å². The first-order valence-corrected chi connectivity index (χ1v) is 8.29. The zero-order valence-corrected chi connectivity index (χ0v) is 14.6. The number of hydrogen-bond donors (Lipinski definition) is 1. The molecular formula is C16H25ClN2OS. The lowest BCUT2D eigenvalue weighted by molar-refractivity contribution is -0.131. The summed E-state index contributed by atoms with van der Waals surface area (Å²) in [4.78, 5) is 15.4. The van der Waals surface area contributed by atoms with Crippen molar-refractivity contribution in [3.63, 3.8) is 0 Å². The van der Waals surface area contributed by atoms with Crippen LogP contribution in [0.25, 0.3) is 0 Å². The molecule has 1 aromatic rings. The van der Waals surface area contributed by atoms with Crippen molar-refractivity contribution < 1.29 is 4.79 Å². The van der Waals surface area contributed by atoms with Gasteiger partial charge >= 0.3 is 0 Å². The van der Waals surface area contributed by atoms with Crippen molar-refractivity contribution in [3.8, 4) is 0 Å². The monoisotopic (exact) mass is 328 g/mol. The molecule has 2 rings (SSSR count). The van der Waals surface area contributed by atoms with E-state index in [0.29, 0.717) is 17.7 Å². The molecular weight excluding hydrogens is 304 g/mol. The second-order valence-electron chi connectivity index (χ2n) is 5.65. The molecule has 0 saturated carbocycles. The fourth-order valence-corrected chi connectivity index (χ4v) is 3.17. The normalized spacial score (nSPS) is 18.5. The van der Waals surface area contributed by atoms with Crippen molar-refractivity contribution in [2.75, 3.05) is 25.4 Å². The SMILES string of the molecule is CC(C)c1ccc(SCC(=O)N2CCNC[C@H]2C)cc1.Cl. The average Bonchev–Trinajstić information content (AvgIpc) is 2.45. The molecule has 1 aliphatic rings. The molecule has 1 fully saturated rings. The highest BCUT2D eigenvalue weighted by atomic mass is 35.5. The van der Waals surface area contributed by atoms with Crippen LogP contribution < -0.4 is 5.32 Å². The lowest BCUT2D eigenvalue weighted by Gasteiger charge is -2.33. The Kier molecular flexibility index (Phi) is 7.57. The van der Waals surface area contributed by atoms with Crippen molar-refractivity contribution in [3.05, 3.63) is 29.8 Å². The van der Waals surface area contributed by atoms with E-state index in [-0.39, 0.29) is 18.3 Å². The van der Waals surface area contributed by atoms with E-state index >= 15 is 0 Å². The summed E-state index contributed by atoms with van der Waals surface area (Å²) in [6, 6.07) is 8.86. The number of hydrogen-bond acceptors (Lipinski definition) is 3. The molecule has 0 unspecified atom stereocenters. The van der Waals surface area contributed by atoms with Crippen LogP contribution in [-0.4, -0.2) is 42.2 Å². The van der Waals surface area contributed by atoms with Crippen LogP contribution >= 0.6 is 24.2 Å². The van der Waals surface area contributed by atoms with E-state index in [1.807, 2.05) is 4.90 Å². The van der Waals surface area contributed by atoms with Crippen LogP contribution in [0.4, 0.5) is 0 Å². The van der Waals surface area contributed by atoms with Crippen molar-refractivity contribution in [2.45, 2.75) is 37.6 Å². The highest BCUT2D eigenvalue weighted by molar-refractivity contribution is 8.00. The predicted molar refractivity (Wildman–Crippen MR) is 92.5 cm³/mol. The third kappa shape index (κ3) is 5.20. The Morgan fingerprint density at radius 1 is 1.38 bits per heavy atom. The Labute approximate surface area is 138 Å². The molecule has 1 atom stereocenters. The Morgan fingerprint density at radius 2 is 2.05 bits per heavy atom. The molecule has 1 N–H and O–H groups in total. The van der Waals surface area contributed by atoms with Crippen LogP contribution in [0.1, 0.15) is 32.3 Å². The number of benzene rings is 1. The minimum absolute atomic E-state index is 0. The van der Waals surface area contributed by atoms with Gasteiger partial charge in [-0.1, -0.05) is 26.0 Å². The minimum Gasteiger partial charge on any atom is -0.337 e. The molecule has 5 heteroatoms. The van der Waals surface area contributed by atoms with E-state index in [9.17, 15) is 4.79 Å². The number of amides is 1. The Morgan fingerprint density at radius 3 is 2.62 bits per heavy atom. The number of nitrogens with zero attached hydrogens (tertiary/aromatic N) is 1.